The molecule has 2 aliphatic rings. The Morgan fingerprint density at radius 2 is 1.71 bits per heavy atom. The molecule has 0 bridgehead atoms. The van der Waals surface area contributed by atoms with Crippen LogP contribution in [0.2, 0.25) is 0 Å². The van der Waals surface area contributed by atoms with Crippen LogP contribution in [0.3, 0.4) is 0 Å². The molecule has 0 aliphatic carbocycles. The Kier molecular flexibility index (Phi) is 5.42. The van der Waals surface area contributed by atoms with Crippen molar-refractivity contribution in [1.82, 2.24) is 9.80 Å². The molecular weight excluding hydrogens is 220 g/mol. The molecule has 0 aromatic carbocycles. The van der Waals surface area contributed by atoms with Crippen molar-refractivity contribution < 1.29 is 14.3 Å². The first kappa shape index (κ1) is 13.4. The largest absolute Gasteiger partial charge is 0.370 e. The second-order valence-corrected chi connectivity index (χ2v) is 3.70. The van der Waals surface area contributed by atoms with E-state index in [-0.39, 0.29) is 18.4 Å². The number of hydrogen-bond donors (Lipinski definition) is 0. The summed E-state index contributed by atoms with van der Waals surface area (Å²) < 4.78 is 4.87. The first-order chi connectivity index (χ1) is 8.19. The molecule has 0 spiro atoms. The number of amides is 2. The average molecular weight is 238 g/mol. The van der Waals surface area contributed by atoms with Crippen molar-refractivity contribution in [3.8, 4) is 0 Å². The zero-order valence-corrected chi connectivity index (χ0v) is 9.93. The van der Waals surface area contributed by atoms with Gasteiger partial charge in [0, 0.05) is 19.5 Å². The molecule has 0 saturated carbocycles. The van der Waals surface area contributed by atoms with Crippen molar-refractivity contribution in [2.24, 2.45) is 0 Å². The zero-order valence-electron chi connectivity index (χ0n) is 9.93. The number of likely N-dealkylation sites (tertiary alicyclic amines) is 1. The molecule has 2 amide bonds. The van der Waals surface area contributed by atoms with E-state index < -0.39 is 0 Å². The Balaban J connectivity index is 0.000000171. The van der Waals surface area contributed by atoms with Gasteiger partial charge in [-0.1, -0.05) is 13.2 Å². The van der Waals surface area contributed by atoms with Gasteiger partial charge in [0.1, 0.15) is 6.61 Å². The number of carbonyl (C=O) groups is 2. The van der Waals surface area contributed by atoms with Crippen molar-refractivity contribution in [2.75, 3.05) is 26.3 Å². The Morgan fingerprint density at radius 3 is 2.06 bits per heavy atom. The second-order valence-electron chi connectivity index (χ2n) is 3.70. The van der Waals surface area contributed by atoms with Crippen LogP contribution in [0.1, 0.15) is 12.8 Å². The van der Waals surface area contributed by atoms with E-state index in [1.54, 1.807) is 16.0 Å². The number of nitrogens with zero attached hydrogens (tertiary/aromatic N) is 2. The summed E-state index contributed by atoms with van der Waals surface area (Å²) in [5, 5.41) is 0. The molecule has 2 rings (SSSR count). The van der Waals surface area contributed by atoms with Gasteiger partial charge in [-0.3, -0.25) is 9.59 Å². The minimum Gasteiger partial charge on any atom is -0.370 e. The van der Waals surface area contributed by atoms with Crippen molar-refractivity contribution in [3.05, 3.63) is 25.6 Å². The summed E-state index contributed by atoms with van der Waals surface area (Å²) >= 11 is 0. The van der Waals surface area contributed by atoms with Gasteiger partial charge in [0.05, 0.1) is 6.61 Å². The third-order valence-electron chi connectivity index (χ3n) is 2.57. The van der Waals surface area contributed by atoms with Gasteiger partial charge in [-0.2, -0.15) is 0 Å². The Labute approximate surface area is 101 Å². The van der Waals surface area contributed by atoms with Crippen LogP contribution in [0.15, 0.2) is 25.6 Å². The Hall–Kier alpha value is -1.62. The van der Waals surface area contributed by atoms with Crippen LogP contribution in [-0.2, 0) is 14.3 Å². The molecule has 17 heavy (non-hydrogen) atoms. The van der Waals surface area contributed by atoms with Crippen LogP contribution in [0, 0.1) is 0 Å². The molecule has 0 atom stereocenters. The number of hydrogen-bond acceptors (Lipinski definition) is 3. The highest BCUT2D eigenvalue weighted by Gasteiger charge is 2.16. The van der Waals surface area contributed by atoms with Crippen LogP contribution in [0.5, 0.6) is 0 Å². The maximum absolute atomic E-state index is 10.8. The Morgan fingerprint density at radius 1 is 1.06 bits per heavy atom. The minimum atomic E-state index is -0.00347. The van der Waals surface area contributed by atoms with E-state index in [4.69, 9.17) is 4.74 Å². The zero-order chi connectivity index (χ0) is 12.7. The highest BCUT2D eigenvalue weighted by atomic mass is 16.5. The molecule has 0 aromatic heterocycles. The van der Waals surface area contributed by atoms with Crippen LogP contribution in [-0.4, -0.2) is 47.9 Å². The normalized spacial score (nSPS) is 19.8. The molecule has 2 heterocycles. The summed E-state index contributed by atoms with van der Waals surface area (Å²) in [6.45, 7) is 9.31. The van der Waals surface area contributed by atoms with Crippen molar-refractivity contribution in [2.45, 2.75) is 12.8 Å². The van der Waals surface area contributed by atoms with E-state index in [0.717, 1.165) is 13.0 Å². The number of ether oxygens (including phenoxy) is 1. The molecular formula is C12H18N2O3. The van der Waals surface area contributed by atoms with Crippen LogP contribution < -0.4 is 0 Å². The molecule has 0 unspecified atom stereocenters. The third kappa shape index (κ3) is 4.03. The Bertz CT molecular complexity index is 315. The van der Waals surface area contributed by atoms with E-state index in [1.807, 2.05) is 0 Å². The molecule has 0 N–H and O–H groups in total. The minimum absolute atomic E-state index is 0.00347. The van der Waals surface area contributed by atoms with Gasteiger partial charge in [0.2, 0.25) is 5.91 Å². The van der Waals surface area contributed by atoms with E-state index >= 15 is 0 Å². The topological polar surface area (TPSA) is 49.9 Å². The quantitative estimate of drug-likeness (QED) is 0.713. The summed E-state index contributed by atoms with van der Waals surface area (Å²) in [7, 11) is 0. The fourth-order valence-electron chi connectivity index (χ4n) is 1.59. The number of rotatable bonds is 2. The predicted octanol–water partition coefficient (Wildman–Crippen LogP) is 0.741. The van der Waals surface area contributed by atoms with Crippen LogP contribution in [0.25, 0.3) is 0 Å². The van der Waals surface area contributed by atoms with Crippen molar-refractivity contribution in [1.29, 1.82) is 0 Å². The lowest BCUT2D eigenvalue weighted by molar-refractivity contribution is -0.139. The van der Waals surface area contributed by atoms with E-state index in [9.17, 15) is 9.59 Å². The molecule has 5 heteroatoms. The molecule has 0 radical (unpaired) electrons. The molecule has 5 nitrogen and oxygen atoms in total. The summed E-state index contributed by atoms with van der Waals surface area (Å²) in [6, 6.07) is 0. The first-order valence-corrected chi connectivity index (χ1v) is 5.61. The van der Waals surface area contributed by atoms with Gasteiger partial charge < -0.3 is 14.5 Å². The lowest BCUT2D eigenvalue weighted by Gasteiger charge is -2.22. The summed E-state index contributed by atoms with van der Waals surface area (Å²) in [5.74, 6) is 0.205. The summed E-state index contributed by atoms with van der Waals surface area (Å²) in [6.07, 6.45) is 4.82. The van der Waals surface area contributed by atoms with Gasteiger partial charge >= 0.3 is 0 Å². The highest BCUT2D eigenvalue weighted by molar-refractivity contribution is 5.79. The fourth-order valence-corrected chi connectivity index (χ4v) is 1.59. The van der Waals surface area contributed by atoms with E-state index in [0.29, 0.717) is 19.6 Å². The van der Waals surface area contributed by atoms with Crippen LogP contribution >= 0.6 is 0 Å². The predicted molar refractivity (Wildman–Crippen MR) is 63.9 cm³/mol. The van der Waals surface area contributed by atoms with E-state index in [2.05, 4.69) is 13.2 Å². The second kappa shape index (κ2) is 6.85. The first-order valence-electron chi connectivity index (χ1n) is 5.61. The third-order valence-corrected chi connectivity index (χ3v) is 2.57. The maximum atomic E-state index is 10.8. The standard InChI is InChI=1S/C6H9NO2.C6H9NO/c1-2-7-3-4-9-5-6(7)8;1-2-7-5-3-4-6(7)8/h2H,1,3-5H2;2H,1,3-5H2. The van der Waals surface area contributed by atoms with Crippen molar-refractivity contribution >= 4 is 11.8 Å². The van der Waals surface area contributed by atoms with Gasteiger partial charge in [0.25, 0.3) is 5.91 Å². The molecule has 2 fully saturated rings. The fraction of sp³-hybridized carbons (Fsp3) is 0.500. The van der Waals surface area contributed by atoms with E-state index in [1.165, 1.54) is 6.20 Å². The molecule has 2 aliphatic heterocycles. The molecule has 2 saturated heterocycles. The monoisotopic (exact) mass is 238 g/mol. The van der Waals surface area contributed by atoms with Gasteiger partial charge in [0.15, 0.2) is 0 Å². The lowest BCUT2D eigenvalue weighted by atomic mass is 10.4. The average Bonchev–Trinajstić information content (AvgIpc) is 2.76. The van der Waals surface area contributed by atoms with Crippen LogP contribution in [0.4, 0.5) is 0 Å². The highest BCUT2D eigenvalue weighted by Crippen LogP contribution is 2.08. The summed E-state index contributed by atoms with van der Waals surface area (Å²) in [4.78, 5) is 24.6. The van der Waals surface area contributed by atoms with Gasteiger partial charge in [-0.05, 0) is 18.8 Å². The molecule has 94 valence electrons. The lowest BCUT2D eigenvalue weighted by Crippen LogP contribution is -2.37. The summed E-state index contributed by atoms with van der Waals surface area (Å²) in [5.41, 5.74) is 0. The number of morpholine rings is 1. The SMILES string of the molecule is C=CN1CCCC1=O.C=CN1CCOCC1=O. The smallest absolute Gasteiger partial charge is 0.252 e. The van der Waals surface area contributed by atoms with Gasteiger partial charge in [-0.15, -0.1) is 0 Å². The maximum Gasteiger partial charge on any atom is 0.252 e. The van der Waals surface area contributed by atoms with Gasteiger partial charge in [-0.25, -0.2) is 0 Å². The number of carbonyl (C=O) groups excluding carboxylic acids is 2. The molecule has 0 aromatic rings. The van der Waals surface area contributed by atoms with Crippen molar-refractivity contribution in [3.63, 3.8) is 0 Å².